The normalized spacial score (nSPS) is 15.5. The van der Waals surface area contributed by atoms with Crippen molar-refractivity contribution in [1.82, 2.24) is 9.88 Å². The van der Waals surface area contributed by atoms with Gasteiger partial charge in [-0.1, -0.05) is 72.3 Å². The summed E-state index contributed by atoms with van der Waals surface area (Å²) in [5.41, 5.74) is 2.75. The van der Waals surface area contributed by atoms with E-state index < -0.39 is 12.1 Å². The number of ether oxygens (including phenoxy) is 1. The molecular formula is C24H22ClN3O3. The van der Waals surface area contributed by atoms with E-state index in [0.29, 0.717) is 29.4 Å². The molecule has 2 aromatic carbocycles. The number of nitrogens with zero attached hydrogens (tertiary/aromatic N) is 2. The molecule has 2 amide bonds. The molecule has 0 unspecified atom stereocenters. The highest BCUT2D eigenvalue weighted by Crippen LogP contribution is 2.33. The maximum atomic E-state index is 13.1. The number of carbonyl (C=O) groups excluding carboxylic acids is 2. The lowest BCUT2D eigenvalue weighted by Gasteiger charge is -2.24. The standard InChI is InChI=1S/C24H22ClN3O3/c25-19-13-14-26-21(18-10-5-2-6-11-18)22(19)27-23(29)20-12-7-15-28(20)24(30)31-16-17-8-3-1-4-9-17/h1-6,8-11,13-14,20H,7,12,15-16H2,(H,27,29)/t20-/m0/s1. The number of anilines is 1. The molecule has 6 nitrogen and oxygen atoms in total. The number of halogens is 1. The van der Waals surface area contributed by atoms with E-state index in [0.717, 1.165) is 17.5 Å². The van der Waals surface area contributed by atoms with E-state index >= 15 is 0 Å². The van der Waals surface area contributed by atoms with Gasteiger partial charge in [0.1, 0.15) is 12.6 Å². The second-order valence-corrected chi connectivity index (χ2v) is 7.67. The number of aromatic nitrogens is 1. The van der Waals surface area contributed by atoms with Crippen LogP contribution in [0.15, 0.2) is 72.9 Å². The van der Waals surface area contributed by atoms with Crippen LogP contribution in [0, 0.1) is 0 Å². The Hall–Kier alpha value is -3.38. The van der Waals surface area contributed by atoms with Gasteiger partial charge in [0.25, 0.3) is 0 Å². The van der Waals surface area contributed by atoms with Gasteiger partial charge in [-0.25, -0.2) is 4.79 Å². The first-order chi connectivity index (χ1) is 15.1. The number of hydrogen-bond acceptors (Lipinski definition) is 4. The summed E-state index contributed by atoms with van der Waals surface area (Å²) < 4.78 is 5.43. The molecule has 7 heteroatoms. The number of benzene rings is 2. The van der Waals surface area contributed by atoms with Crippen molar-refractivity contribution in [2.24, 2.45) is 0 Å². The van der Waals surface area contributed by atoms with Gasteiger partial charge in [-0.05, 0) is 24.5 Å². The van der Waals surface area contributed by atoms with Crippen LogP contribution in [0.4, 0.5) is 10.5 Å². The van der Waals surface area contributed by atoms with E-state index in [4.69, 9.17) is 16.3 Å². The van der Waals surface area contributed by atoms with Gasteiger partial charge in [-0.15, -0.1) is 0 Å². The van der Waals surface area contributed by atoms with Gasteiger partial charge in [0.15, 0.2) is 0 Å². The van der Waals surface area contributed by atoms with E-state index in [2.05, 4.69) is 10.3 Å². The van der Waals surface area contributed by atoms with Gasteiger partial charge in [-0.3, -0.25) is 14.7 Å². The molecule has 0 radical (unpaired) electrons. The minimum atomic E-state index is -0.622. The van der Waals surface area contributed by atoms with Crippen molar-refractivity contribution in [2.75, 3.05) is 11.9 Å². The molecule has 1 aliphatic heterocycles. The summed E-state index contributed by atoms with van der Waals surface area (Å²) in [5.74, 6) is -0.304. The SMILES string of the molecule is O=C(Nc1c(Cl)ccnc1-c1ccccc1)[C@@H]1CCCN1C(=O)OCc1ccccc1. The second-order valence-electron chi connectivity index (χ2n) is 7.26. The number of amides is 2. The third-order valence-corrected chi connectivity index (χ3v) is 5.51. The maximum Gasteiger partial charge on any atom is 0.410 e. The fraction of sp³-hybridized carbons (Fsp3) is 0.208. The van der Waals surface area contributed by atoms with Crippen molar-refractivity contribution in [2.45, 2.75) is 25.5 Å². The van der Waals surface area contributed by atoms with E-state index in [1.807, 2.05) is 60.7 Å². The summed E-state index contributed by atoms with van der Waals surface area (Å²) in [6.45, 7) is 0.634. The lowest BCUT2D eigenvalue weighted by molar-refractivity contribution is -0.120. The van der Waals surface area contributed by atoms with Crippen LogP contribution in [0.3, 0.4) is 0 Å². The number of carbonyl (C=O) groups is 2. The number of nitrogens with one attached hydrogen (secondary N) is 1. The molecule has 0 spiro atoms. The molecule has 0 saturated carbocycles. The summed E-state index contributed by atoms with van der Waals surface area (Å²) in [4.78, 5) is 31.6. The highest BCUT2D eigenvalue weighted by Gasteiger charge is 2.35. The average Bonchev–Trinajstić information content (AvgIpc) is 3.30. The fourth-order valence-corrected chi connectivity index (χ4v) is 3.83. The number of likely N-dealkylation sites (tertiary alicyclic amines) is 1. The van der Waals surface area contributed by atoms with Crippen LogP contribution >= 0.6 is 11.6 Å². The van der Waals surface area contributed by atoms with Gasteiger partial charge in [0.05, 0.1) is 16.4 Å². The first-order valence-corrected chi connectivity index (χ1v) is 10.5. The van der Waals surface area contributed by atoms with Crippen molar-refractivity contribution in [1.29, 1.82) is 0 Å². The Morgan fingerprint density at radius 2 is 1.77 bits per heavy atom. The Kier molecular flexibility index (Phi) is 6.48. The molecule has 1 N–H and O–H groups in total. The molecule has 3 aromatic rings. The predicted molar refractivity (Wildman–Crippen MR) is 120 cm³/mol. The summed E-state index contributed by atoms with van der Waals surface area (Å²) in [7, 11) is 0. The molecule has 158 valence electrons. The summed E-state index contributed by atoms with van der Waals surface area (Å²) in [5, 5.41) is 3.28. The zero-order valence-corrected chi connectivity index (χ0v) is 17.6. The largest absolute Gasteiger partial charge is 0.445 e. The summed E-state index contributed by atoms with van der Waals surface area (Å²) >= 11 is 6.39. The van der Waals surface area contributed by atoms with Gasteiger partial charge >= 0.3 is 6.09 Å². The van der Waals surface area contributed by atoms with Crippen molar-refractivity contribution in [3.8, 4) is 11.3 Å². The van der Waals surface area contributed by atoms with Crippen molar-refractivity contribution < 1.29 is 14.3 Å². The van der Waals surface area contributed by atoms with Crippen LogP contribution in [-0.2, 0) is 16.1 Å². The third-order valence-electron chi connectivity index (χ3n) is 5.19. The monoisotopic (exact) mass is 435 g/mol. The van der Waals surface area contributed by atoms with Gasteiger partial charge in [-0.2, -0.15) is 0 Å². The molecule has 2 heterocycles. The summed E-state index contributed by atoms with van der Waals surface area (Å²) in [6.07, 6.45) is 2.39. The number of pyridine rings is 1. The van der Waals surface area contributed by atoms with Crippen LogP contribution in [0.5, 0.6) is 0 Å². The first kappa shape index (κ1) is 20.9. The Labute approximate surface area is 185 Å². The summed E-state index contributed by atoms with van der Waals surface area (Å²) in [6, 6.07) is 19.9. The zero-order chi connectivity index (χ0) is 21.6. The zero-order valence-electron chi connectivity index (χ0n) is 16.8. The van der Waals surface area contributed by atoms with Crippen molar-refractivity contribution >= 4 is 29.3 Å². The number of rotatable bonds is 5. The van der Waals surface area contributed by atoms with Crippen LogP contribution in [0.1, 0.15) is 18.4 Å². The minimum absolute atomic E-state index is 0.164. The lowest BCUT2D eigenvalue weighted by Crippen LogP contribution is -2.43. The topological polar surface area (TPSA) is 71.5 Å². The highest BCUT2D eigenvalue weighted by atomic mass is 35.5. The second kappa shape index (κ2) is 9.62. The average molecular weight is 436 g/mol. The van der Waals surface area contributed by atoms with E-state index in [-0.39, 0.29) is 12.5 Å². The van der Waals surface area contributed by atoms with Crippen LogP contribution < -0.4 is 5.32 Å². The Morgan fingerprint density at radius 1 is 1.06 bits per heavy atom. The molecule has 0 bridgehead atoms. The Balaban J connectivity index is 1.48. The molecule has 1 atom stereocenters. The van der Waals surface area contributed by atoms with Crippen molar-refractivity contribution in [3.63, 3.8) is 0 Å². The van der Waals surface area contributed by atoms with Crippen LogP contribution in [0.25, 0.3) is 11.3 Å². The number of hydrogen-bond donors (Lipinski definition) is 1. The first-order valence-electron chi connectivity index (χ1n) is 10.1. The van der Waals surface area contributed by atoms with Gasteiger partial charge in [0.2, 0.25) is 5.91 Å². The minimum Gasteiger partial charge on any atom is -0.445 e. The van der Waals surface area contributed by atoms with Crippen LogP contribution in [-0.4, -0.2) is 34.5 Å². The lowest BCUT2D eigenvalue weighted by atomic mass is 10.1. The maximum absolute atomic E-state index is 13.1. The molecule has 1 aliphatic rings. The Morgan fingerprint density at radius 3 is 2.52 bits per heavy atom. The van der Waals surface area contributed by atoms with Crippen molar-refractivity contribution in [3.05, 3.63) is 83.5 Å². The van der Waals surface area contributed by atoms with E-state index in [1.165, 1.54) is 4.90 Å². The molecule has 1 fully saturated rings. The van der Waals surface area contributed by atoms with E-state index in [1.54, 1.807) is 12.3 Å². The highest BCUT2D eigenvalue weighted by molar-refractivity contribution is 6.34. The molecule has 4 rings (SSSR count). The smallest absolute Gasteiger partial charge is 0.410 e. The molecule has 1 aromatic heterocycles. The molecule has 31 heavy (non-hydrogen) atoms. The van der Waals surface area contributed by atoms with Crippen LogP contribution in [0.2, 0.25) is 5.02 Å². The molecule has 1 saturated heterocycles. The Bertz CT molecular complexity index is 1060. The van der Waals surface area contributed by atoms with Gasteiger partial charge < -0.3 is 10.1 Å². The third kappa shape index (κ3) is 4.86. The molecule has 0 aliphatic carbocycles. The fourth-order valence-electron chi connectivity index (χ4n) is 3.64. The predicted octanol–water partition coefficient (Wildman–Crippen LogP) is 5.14. The quantitative estimate of drug-likeness (QED) is 0.602. The van der Waals surface area contributed by atoms with Gasteiger partial charge in [0, 0.05) is 18.3 Å². The van der Waals surface area contributed by atoms with E-state index in [9.17, 15) is 9.59 Å². The molecular weight excluding hydrogens is 414 g/mol.